The molecule has 1 fully saturated rings. The molecular formula is C23H25N5O3S. The van der Waals surface area contributed by atoms with Gasteiger partial charge in [0.1, 0.15) is 5.75 Å². The first-order chi connectivity index (χ1) is 15.5. The largest absolute Gasteiger partial charge is 0.508 e. The van der Waals surface area contributed by atoms with Crippen LogP contribution in [-0.2, 0) is 10.0 Å². The van der Waals surface area contributed by atoms with E-state index in [1.165, 1.54) is 0 Å². The summed E-state index contributed by atoms with van der Waals surface area (Å²) in [6.45, 7) is 1.57. The molecule has 1 aliphatic rings. The van der Waals surface area contributed by atoms with Gasteiger partial charge in [0, 0.05) is 36.2 Å². The molecule has 1 atom stereocenters. The molecule has 2 heterocycles. The van der Waals surface area contributed by atoms with Gasteiger partial charge in [0.15, 0.2) is 0 Å². The maximum absolute atomic E-state index is 12.6. The molecule has 1 saturated heterocycles. The van der Waals surface area contributed by atoms with Crippen molar-refractivity contribution in [3.8, 4) is 5.75 Å². The van der Waals surface area contributed by atoms with Crippen LogP contribution in [0.4, 0.5) is 11.6 Å². The number of nitrogens with zero attached hydrogens (tertiary/aromatic N) is 2. The number of phenolic OH excluding ortho intramolecular Hbond substituents is 1. The molecule has 4 N–H and O–H groups in total. The Morgan fingerprint density at radius 3 is 2.47 bits per heavy atom. The van der Waals surface area contributed by atoms with Crippen LogP contribution in [0.3, 0.4) is 0 Å². The van der Waals surface area contributed by atoms with Gasteiger partial charge in [-0.2, -0.15) is 0 Å². The van der Waals surface area contributed by atoms with Gasteiger partial charge in [0.25, 0.3) is 0 Å². The number of aromatic hydroxyl groups is 1. The molecule has 2 aromatic carbocycles. The number of nitrogens with one attached hydrogen (secondary N) is 3. The smallest absolute Gasteiger partial charge is 0.240 e. The highest BCUT2D eigenvalue weighted by Crippen LogP contribution is 2.18. The van der Waals surface area contributed by atoms with Gasteiger partial charge in [0.2, 0.25) is 16.0 Å². The minimum absolute atomic E-state index is 0.0832. The van der Waals surface area contributed by atoms with Gasteiger partial charge in [-0.05, 0) is 61.3 Å². The maximum Gasteiger partial charge on any atom is 0.240 e. The van der Waals surface area contributed by atoms with E-state index in [2.05, 4.69) is 25.3 Å². The maximum atomic E-state index is 12.6. The van der Waals surface area contributed by atoms with E-state index in [1.54, 1.807) is 54.9 Å². The van der Waals surface area contributed by atoms with Gasteiger partial charge >= 0.3 is 0 Å². The fourth-order valence-electron chi connectivity index (χ4n) is 3.40. The van der Waals surface area contributed by atoms with Crippen molar-refractivity contribution in [1.29, 1.82) is 0 Å². The predicted octanol–water partition coefficient (Wildman–Crippen LogP) is 3.13. The van der Waals surface area contributed by atoms with Gasteiger partial charge in [-0.1, -0.05) is 24.3 Å². The predicted molar refractivity (Wildman–Crippen MR) is 125 cm³/mol. The van der Waals surface area contributed by atoms with Crippen molar-refractivity contribution in [2.24, 2.45) is 0 Å². The summed E-state index contributed by atoms with van der Waals surface area (Å²) >= 11 is 0. The Labute approximate surface area is 187 Å². The van der Waals surface area contributed by atoms with E-state index in [-0.39, 0.29) is 16.7 Å². The summed E-state index contributed by atoms with van der Waals surface area (Å²) in [5, 5.41) is 15.8. The van der Waals surface area contributed by atoms with Crippen molar-refractivity contribution in [2.45, 2.75) is 23.8 Å². The SMILES string of the molecule is O=S(=O)(NC1CCCNC1)c1ccc(Nc2ncc(C=Cc3cccc(O)c3)cn2)cc1. The number of hydrogen-bond acceptors (Lipinski definition) is 7. The van der Waals surface area contributed by atoms with Crippen LogP contribution in [0.5, 0.6) is 5.75 Å². The zero-order valence-corrected chi connectivity index (χ0v) is 18.2. The third kappa shape index (κ3) is 5.91. The van der Waals surface area contributed by atoms with Crippen LogP contribution in [0.2, 0.25) is 0 Å². The third-order valence-corrected chi connectivity index (χ3v) is 6.59. The lowest BCUT2D eigenvalue weighted by molar-refractivity contribution is 0.428. The molecule has 9 heteroatoms. The highest BCUT2D eigenvalue weighted by Gasteiger charge is 2.21. The minimum Gasteiger partial charge on any atom is -0.508 e. The van der Waals surface area contributed by atoms with E-state index >= 15 is 0 Å². The lowest BCUT2D eigenvalue weighted by atomic mass is 10.1. The summed E-state index contributed by atoms with van der Waals surface area (Å²) in [6, 6.07) is 13.4. The zero-order chi connectivity index (χ0) is 22.4. The fraction of sp³-hybridized carbons (Fsp3) is 0.217. The quantitative estimate of drug-likeness (QED) is 0.436. The Bertz CT molecular complexity index is 1170. The summed E-state index contributed by atoms with van der Waals surface area (Å²) in [6.07, 6.45) is 8.86. The summed E-state index contributed by atoms with van der Waals surface area (Å²) in [5.74, 6) is 0.616. The topological polar surface area (TPSA) is 116 Å². The van der Waals surface area contributed by atoms with E-state index in [4.69, 9.17) is 0 Å². The van der Waals surface area contributed by atoms with Crippen LogP contribution < -0.4 is 15.4 Å². The van der Waals surface area contributed by atoms with Gasteiger partial charge < -0.3 is 15.7 Å². The van der Waals surface area contributed by atoms with Crippen LogP contribution >= 0.6 is 0 Å². The minimum atomic E-state index is -3.56. The summed E-state index contributed by atoms with van der Waals surface area (Å²) in [5.41, 5.74) is 2.37. The molecule has 4 rings (SSSR count). The summed E-state index contributed by atoms with van der Waals surface area (Å²) in [4.78, 5) is 8.81. The Morgan fingerprint density at radius 1 is 1.03 bits per heavy atom. The molecular weight excluding hydrogens is 426 g/mol. The van der Waals surface area contributed by atoms with Crippen molar-refractivity contribution >= 4 is 33.8 Å². The second-order valence-corrected chi connectivity index (χ2v) is 9.30. The lowest BCUT2D eigenvalue weighted by Gasteiger charge is -2.23. The number of anilines is 2. The molecule has 166 valence electrons. The molecule has 1 aromatic heterocycles. The molecule has 0 radical (unpaired) electrons. The summed E-state index contributed by atoms with van der Waals surface area (Å²) < 4.78 is 27.9. The van der Waals surface area contributed by atoms with Crippen LogP contribution in [0.15, 0.2) is 65.8 Å². The van der Waals surface area contributed by atoms with Crippen molar-refractivity contribution in [3.05, 3.63) is 72.1 Å². The van der Waals surface area contributed by atoms with E-state index in [0.717, 1.165) is 30.5 Å². The number of aromatic nitrogens is 2. The average Bonchev–Trinajstić information content (AvgIpc) is 2.79. The molecule has 0 aliphatic carbocycles. The third-order valence-electron chi connectivity index (χ3n) is 5.05. The highest BCUT2D eigenvalue weighted by atomic mass is 32.2. The van der Waals surface area contributed by atoms with Crippen molar-refractivity contribution in [2.75, 3.05) is 18.4 Å². The Balaban J connectivity index is 1.37. The number of rotatable bonds is 7. The van der Waals surface area contributed by atoms with E-state index in [0.29, 0.717) is 18.2 Å². The van der Waals surface area contributed by atoms with E-state index in [9.17, 15) is 13.5 Å². The Hall–Kier alpha value is -3.27. The molecule has 0 saturated carbocycles. The first kappa shape index (κ1) is 21.9. The van der Waals surface area contributed by atoms with Crippen molar-refractivity contribution in [3.63, 3.8) is 0 Å². The fourth-order valence-corrected chi connectivity index (χ4v) is 4.67. The van der Waals surface area contributed by atoms with Crippen molar-refractivity contribution in [1.82, 2.24) is 20.0 Å². The average molecular weight is 452 g/mol. The first-order valence-corrected chi connectivity index (χ1v) is 11.9. The Morgan fingerprint density at radius 2 is 1.78 bits per heavy atom. The van der Waals surface area contributed by atoms with Crippen LogP contribution in [0.25, 0.3) is 12.2 Å². The molecule has 0 spiro atoms. The van der Waals surface area contributed by atoms with Gasteiger partial charge in [-0.3, -0.25) is 0 Å². The molecule has 3 aromatic rings. The molecule has 0 bridgehead atoms. The highest BCUT2D eigenvalue weighted by molar-refractivity contribution is 7.89. The molecule has 1 aliphatic heterocycles. The van der Waals surface area contributed by atoms with E-state index < -0.39 is 10.0 Å². The number of benzene rings is 2. The monoisotopic (exact) mass is 451 g/mol. The van der Waals surface area contributed by atoms with Crippen molar-refractivity contribution < 1.29 is 13.5 Å². The molecule has 32 heavy (non-hydrogen) atoms. The first-order valence-electron chi connectivity index (χ1n) is 10.4. The molecule has 8 nitrogen and oxygen atoms in total. The number of phenols is 1. The van der Waals surface area contributed by atoms with Gasteiger partial charge in [-0.25, -0.2) is 23.1 Å². The second-order valence-electron chi connectivity index (χ2n) is 7.58. The number of piperidine rings is 1. The normalized spacial score (nSPS) is 16.8. The second kappa shape index (κ2) is 9.90. The number of sulfonamides is 1. The zero-order valence-electron chi connectivity index (χ0n) is 17.4. The Kier molecular flexibility index (Phi) is 6.79. The lowest BCUT2D eigenvalue weighted by Crippen LogP contribution is -2.45. The standard InChI is InChI=1S/C23H25N5O3S/c29-21-5-1-3-17(13-21)6-7-18-14-25-23(26-15-18)27-19-8-10-22(11-9-19)32(30,31)28-20-4-2-12-24-16-20/h1,3,5-11,13-15,20,24,28-29H,2,4,12,16H2,(H,25,26,27). The summed E-state index contributed by atoms with van der Waals surface area (Å²) in [7, 11) is -3.56. The van der Waals surface area contributed by atoms with Gasteiger partial charge in [-0.15, -0.1) is 0 Å². The van der Waals surface area contributed by atoms with Gasteiger partial charge in [0.05, 0.1) is 4.90 Å². The number of hydrogen-bond donors (Lipinski definition) is 4. The van der Waals surface area contributed by atoms with E-state index in [1.807, 2.05) is 18.2 Å². The molecule has 1 unspecified atom stereocenters. The van der Waals surface area contributed by atoms with Crippen LogP contribution in [0, 0.1) is 0 Å². The molecule has 0 amide bonds. The van der Waals surface area contributed by atoms with Crippen LogP contribution in [0.1, 0.15) is 24.0 Å². The van der Waals surface area contributed by atoms with Crippen LogP contribution in [-0.4, -0.2) is 42.6 Å².